The molecule has 1 saturated heterocycles. The minimum absolute atomic E-state index is 0.0566. The number of esters is 1. The molecule has 10 heteroatoms. The molecule has 0 aromatic heterocycles. The van der Waals surface area contributed by atoms with Gasteiger partial charge in [0.1, 0.15) is 4.90 Å². The van der Waals surface area contributed by atoms with Crippen molar-refractivity contribution in [3.8, 4) is 0 Å². The molecule has 2 aromatic carbocycles. The zero-order chi connectivity index (χ0) is 24.5. The van der Waals surface area contributed by atoms with Crippen LogP contribution < -0.4 is 5.32 Å². The summed E-state index contributed by atoms with van der Waals surface area (Å²) in [5.41, 5.74) is 0.891. The number of nitrogens with one attached hydrogen (secondary N) is 1. The second kappa shape index (κ2) is 9.85. The zero-order valence-corrected chi connectivity index (χ0v) is 21.0. The number of hydrogen-bond donors (Lipinski definition) is 1. The number of amides is 1. The van der Waals surface area contributed by atoms with Crippen LogP contribution in [0, 0.1) is 5.92 Å². The first-order valence-corrected chi connectivity index (χ1v) is 13.4. The van der Waals surface area contributed by atoms with Crippen molar-refractivity contribution in [1.29, 1.82) is 0 Å². The van der Waals surface area contributed by atoms with Gasteiger partial charge in [0.25, 0.3) is 0 Å². The second-order valence-electron chi connectivity index (χ2n) is 8.65. The number of anilines is 1. The number of rotatable bonds is 7. The van der Waals surface area contributed by atoms with E-state index >= 15 is 0 Å². The summed E-state index contributed by atoms with van der Waals surface area (Å²) < 4.78 is 32.8. The Kier molecular flexibility index (Phi) is 7.24. The lowest BCUT2D eigenvalue weighted by molar-refractivity contribution is -0.146. The molecule has 1 atom stereocenters. The molecule has 1 amide bonds. The van der Waals surface area contributed by atoms with E-state index in [4.69, 9.17) is 27.9 Å². The molecule has 34 heavy (non-hydrogen) atoms. The lowest BCUT2D eigenvalue weighted by Crippen LogP contribution is -2.43. The third kappa shape index (κ3) is 4.96. The van der Waals surface area contributed by atoms with Gasteiger partial charge in [-0.15, -0.1) is 0 Å². The van der Waals surface area contributed by atoms with E-state index in [2.05, 4.69) is 5.32 Å². The molecule has 0 radical (unpaired) electrons. The number of nitrogens with zero attached hydrogens (tertiary/aromatic N) is 1. The maximum Gasteiger partial charge on any atom is 0.316 e. The van der Waals surface area contributed by atoms with Crippen molar-refractivity contribution in [3.63, 3.8) is 0 Å². The SMILES string of the molecule is CCOC(=O)C1(c2ccc(NC(=O)C3CCCN(S(=O)(=O)c4cc(Cl)ccc4Cl)C3)cc2)CC1. The highest BCUT2D eigenvalue weighted by atomic mass is 35.5. The van der Waals surface area contributed by atoms with Gasteiger partial charge in [0.15, 0.2) is 0 Å². The van der Waals surface area contributed by atoms with Crippen LogP contribution in [0.4, 0.5) is 5.69 Å². The van der Waals surface area contributed by atoms with Crippen LogP contribution in [0.25, 0.3) is 0 Å². The van der Waals surface area contributed by atoms with Crippen molar-refractivity contribution in [1.82, 2.24) is 4.31 Å². The molecule has 2 aromatic rings. The van der Waals surface area contributed by atoms with Crippen LogP contribution >= 0.6 is 23.2 Å². The minimum atomic E-state index is -3.89. The number of piperidine rings is 1. The molecular formula is C24H26Cl2N2O5S. The fourth-order valence-electron chi connectivity index (χ4n) is 4.31. The number of sulfonamides is 1. The molecule has 1 N–H and O–H groups in total. The van der Waals surface area contributed by atoms with E-state index < -0.39 is 21.4 Å². The molecule has 0 bridgehead atoms. The van der Waals surface area contributed by atoms with Gasteiger partial charge in [0.05, 0.1) is 23.0 Å². The van der Waals surface area contributed by atoms with Crippen molar-refractivity contribution in [2.45, 2.75) is 42.9 Å². The Morgan fingerprint density at radius 3 is 2.50 bits per heavy atom. The maximum absolute atomic E-state index is 13.1. The number of hydrogen-bond acceptors (Lipinski definition) is 5. The van der Waals surface area contributed by atoms with Crippen molar-refractivity contribution < 1.29 is 22.7 Å². The normalized spacial score (nSPS) is 19.9. The lowest BCUT2D eigenvalue weighted by atomic mass is 9.95. The third-order valence-electron chi connectivity index (χ3n) is 6.39. The van der Waals surface area contributed by atoms with Gasteiger partial charge in [-0.05, 0) is 68.5 Å². The van der Waals surface area contributed by atoms with E-state index in [9.17, 15) is 18.0 Å². The van der Waals surface area contributed by atoms with E-state index in [0.717, 1.165) is 18.4 Å². The topological polar surface area (TPSA) is 92.8 Å². The Morgan fingerprint density at radius 2 is 1.85 bits per heavy atom. The van der Waals surface area contributed by atoms with Crippen molar-refractivity contribution in [3.05, 3.63) is 58.1 Å². The summed E-state index contributed by atoms with van der Waals surface area (Å²) in [5, 5.41) is 3.24. The fourth-order valence-corrected chi connectivity index (χ4v) is 6.57. The zero-order valence-electron chi connectivity index (χ0n) is 18.7. The molecule has 2 aliphatic rings. The smallest absolute Gasteiger partial charge is 0.316 e. The summed E-state index contributed by atoms with van der Waals surface area (Å²) in [7, 11) is -3.89. The Balaban J connectivity index is 1.43. The first-order chi connectivity index (χ1) is 16.2. The molecule has 1 saturated carbocycles. The summed E-state index contributed by atoms with van der Waals surface area (Å²) >= 11 is 12.1. The molecule has 1 unspecified atom stereocenters. The van der Waals surface area contributed by atoms with Gasteiger partial charge in [0, 0.05) is 23.8 Å². The van der Waals surface area contributed by atoms with Crippen molar-refractivity contribution in [2.75, 3.05) is 25.0 Å². The first-order valence-electron chi connectivity index (χ1n) is 11.2. The van der Waals surface area contributed by atoms with E-state index in [0.29, 0.717) is 31.7 Å². The van der Waals surface area contributed by atoms with Gasteiger partial charge < -0.3 is 10.1 Å². The minimum Gasteiger partial charge on any atom is -0.465 e. The number of halogens is 2. The summed E-state index contributed by atoms with van der Waals surface area (Å²) in [6, 6.07) is 11.5. The lowest BCUT2D eigenvalue weighted by Gasteiger charge is -2.31. The third-order valence-corrected chi connectivity index (χ3v) is 8.97. The van der Waals surface area contributed by atoms with Crippen molar-refractivity contribution in [2.24, 2.45) is 5.92 Å². The van der Waals surface area contributed by atoms with Crippen LogP contribution in [0.3, 0.4) is 0 Å². The maximum atomic E-state index is 13.1. The Hall–Kier alpha value is -2.13. The second-order valence-corrected chi connectivity index (χ2v) is 11.4. The van der Waals surface area contributed by atoms with Gasteiger partial charge in [-0.25, -0.2) is 8.42 Å². The monoisotopic (exact) mass is 524 g/mol. The van der Waals surface area contributed by atoms with Crippen LogP contribution in [0.5, 0.6) is 0 Å². The molecular weight excluding hydrogens is 499 g/mol. The highest BCUT2D eigenvalue weighted by Gasteiger charge is 2.52. The van der Waals surface area contributed by atoms with Gasteiger partial charge in [0.2, 0.25) is 15.9 Å². The summed E-state index contributed by atoms with van der Waals surface area (Å²) in [5.74, 6) is -0.970. The largest absolute Gasteiger partial charge is 0.465 e. The Bertz CT molecular complexity index is 1200. The van der Waals surface area contributed by atoms with Crippen LogP contribution in [0.15, 0.2) is 47.4 Å². The van der Waals surface area contributed by atoms with Gasteiger partial charge in [-0.3, -0.25) is 9.59 Å². The molecule has 1 aliphatic carbocycles. The Morgan fingerprint density at radius 1 is 1.15 bits per heavy atom. The highest BCUT2D eigenvalue weighted by Crippen LogP contribution is 2.49. The quantitative estimate of drug-likeness (QED) is 0.533. The summed E-state index contributed by atoms with van der Waals surface area (Å²) in [6.07, 6.45) is 2.63. The van der Waals surface area contributed by atoms with E-state index in [-0.39, 0.29) is 33.4 Å². The number of carbonyl (C=O) groups excluding carboxylic acids is 2. The van der Waals surface area contributed by atoms with Crippen LogP contribution in [0.2, 0.25) is 10.0 Å². The average Bonchev–Trinajstić information content (AvgIpc) is 3.63. The first kappa shape index (κ1) is 25.0. The fraction of sp³-hybridized carbons (Fsp3) is 0.417. The molecule has 1 aliphatic heterocycles. The standard InChI is InChI=1S/C24H26Cl2N2O5S/c1-2-33-23(30)24(11-12-24)17-5-8-19(9-6-17)27-22(29)16-4-3-13-28(15-16)34(31,32)21-14-18(25)7-10-20(21)26/h5-10,14,16H,2-4,11-13,15H2,1H3,(H,27,29). The van der Waals surface area contributed by atoms with Gasteiger partial charge >= 0.3 is 5.97 Å². The van der Waals surface area contributed by atoms with Gasteiger partial charge in [-0.1, -0.05) is 35.3 Å². The molecule has 7 nitrogen and oxygen atoms in total. The summed E-state index contributed by atoms with van der Waals surface area (Å²) in [4.78, 5) is 25.2. The van der Waals surface area contributed by atoms with Crippen LogP contribution in [-0.4, -0.2) is 44.3 Å². The Labute approximate surface area is 209 Å². The summed E-state index contributed by atoms with van der Waals surface area (Å²) in [6.45, 7) is 2.49. The van der Waals surface area contributed by atoms with Crippen LogP contribution in [-0.2, 0) is 29.8 Å². The molecule has 182 valence electrons. The van der Waals surface area contributed by atoms with Gasteiger partial charge in [-0.2, -0.15) is 4.31 Å². The highest BCUT2D eigenvalue weighted by molar-refractivity contribution is 7.89. The van der Waals surface area contributed by atoms with Crippen molar-refractivity contribution >= 4 is 50.8 Å². The molecule has 2 fully saturated rings. The van der Waals surface area contributed by atoms with E-state index in [1.54, 1.807) is 19.1 Å². The number of benzene rings is 2. The van der Waals surface area contributed by atoms with E-state index in [1.807, 2.05) is 12.1 Å². The predicted octanol–water partition coefficient (Wildman–Crippen LogP) is 4.63. The van der Waals surface area contributed by atoms with E-state index in [1.165, 1.54) is 22.5 Å². The molecule has 0 spiro atoms. The average molecular weight is 525 g/mol. The molecule has 1 heterocycles. The number of ether oxygens (including phenoxy) is 1. The van der Waals surface area contributed by atoms with Crippen LogP contribution in [0.1, 0.15) is 38.2 Å². The molecule has 4 rings (SSSR count). The number of carbonyl (C=O) groups is 2. The predicted molar refractivity (Wildman–Crippen MR) is 131 cm³/mol.